The van der Waals surface area contributed by atoms with Gasteiger partial charge in [-0.05, 0) is 19.1 Å². The summed E-state index contributed by atoms with van der Waals surface area (Å²) in [5, 5.41) is 27.8. The van der Waals surface area contributed by atoms with Gasteiger partial charge < -0.3 is 5.11 Å². The summed E-state index contributed by atoms with van der Waals surface area (Å²) in [4.78, 5) is 4.30. The molecule has 6 nitrogen and oxygen atoms in total. The molecule has 1 aromatic carbocycles. The highest BCUT2D eigenvalue weighted by atomic mass is 19.1. The zero-order valence-electron chi connectivity index (χ0n) is 12.3. The Kier molecular flexibility index (Phi) is 2.97. The molecule has 3 heterocycles. The number of allylic oxidation sites excluding steroid dienone is 2. The summed E-state index contributed by atoms with van der Waals surface area (Å²) in [5.74, 6) is -2.40. The van der Waals surface area contributed by atoms with Gasteiger partial charge in [0.2, 0.25) is 0 Å². The van der Waals surface area contributed by atoms with Gasteiger partial charge in [-0.1, -0.05) is 0 Å². The number of azo groups is 1. The lowest BCUT2D eigenvalue weighted by molar-refractivity contribution is 0.0109. The van der Waals surface area contributed by atoms with E-state index in [0.29, 0.717) is 17.3 Å². The minimum absolute atomic E-state index is 0.0774. The highest BCUT2D eigenvalue weighted by molar-refractivity contribution is 5.92. The molecule has 0 radical (unpaired) electrons. The van der Waals surface area contributed by atoms with Gasteiger partial charge in [-0.25, -0.2) is 18.8 Å². The van der Waals surface area contributed by atoms with Crippen LogP contribution in [0.4, 0.5) is 14.6 Å². The third-order valence-corrected chi connectivity index (χ3v) is 3.87. The molecule has 0 spiro atoms. The van der Waals surface area contributed by atoms with Crippen molar-refractivity contribution in [3.63, 3.8) is 0 Å². The smallest absolute Gasteiger partial charge is 0.184 e. The van der Waals surface area contributed by atoms with Crippen molar-refractivity contribution in [1.29, 1.82) is 0 Å². The van der Waals surface area contributed by atoms with Crippen molar-refractivity contribution in [1.82, 2.24) is 10.0 Å². The van der Waals surface area contributed by atoms with Gasteiger partial charge in [-0.15, -0.1) is 5.11 Å². The van der Waals surface area contributed by atoms with Crippen LogP contribution in [0, 0.1) is 11.6 Å². The molecule has 4 rings (SSSR count). The number of halogens is 2. The first-order valence-corrected chi connectivity index (χ1v) is 6.98. The van der Waals surface area contributed by atoms with E-state index in [1.165, 1.54) is 24.6 Å². The number of phenolic OH excluding ortho intramolecular Hbond substituents is 1. The highest BCUT2D eigenvalue weighted by Gasteiger charge is 2.21. The highest BCUT2D eigenvalue weighted by Crippen LogP contribution is 2.28. The SMILES string of the molecule is CC1=c2c(nc(=C3C=CN(O)C=C3)c3c(F)cc(O)c(F)c23)N=N1. The molecule has 24 heavy (non-hydrogen) atoms. The molecule has 2 N–H and O–H groups in total. The standard InChI is InChI=1S/C16H10F2N4O2/c1-7-11-13-12(9(17)6-10(23)14(13)18)15(19-16(11)21-20-7)8-2-4-22(24)5-3-8/h2-6,23-24H,1H3. The minimum Gasteiger partial charge on any atom is -0.505 e. The molecule has 8 heteroatoms. The van der Waals surface area contributed by atoms with Crippen LogP contribution in [-0.2, 0) is 0 Å². The van der Waals surface area contributed by atoms with E-state index in [-0.39, 0.29) is 27.2 Å². The summed E-state index contributed by atoms with van der Waals surface area (Å²) in [7, 11) is 0. The number of benzene rings is 1. The summed E-state index contributed by atoms with van der Waals surface area (Å²) in [5.41, 5.74) is 0.844. The van der Waals surface area contributed by atoms with E-state index in [2.05, 4.69) is 15.2 Å². The molecule has 2 aliphatic rings. The molecule has 0 amide bonds. The molecule has 0 atom stereocenters. The molecule has 0 saturated heterocycles. The van der Waals surface area contributed by atoms with E-state index in [1.54, 1.807) is 6.92 Å². The molecular formula is C16H10F2N4O2. The fraction of sp³-hybridized carbons (Fsp3) is 0.0625. The molecule has 0 fully saturated rings. The number of hydrogen-bond donors (Lipinski definition) is 2. The van der Waals surface area contributed by atoms with E-state index in [4.69, 9.17) is 0 Å². The van der Waals surface area contributed by atoms with Crippen LogP contribution in [0.25, 0.3) is 22.0 Å². The van der Waals surface area contributed by atoms with Crippen molar-refractivity contribution in [2.24, 2.45) is 10.2 Å². The van der Waals surface area contributed by atoms with Crippen molar-refractivity contribution in [3.8, 4) is 5.75 Å². The summed E-state index contributed by atoms with van der Waals surface area (Å²) in [6.07, 6.45) is 5.68. The fourth-order valence-corrected chi connectivity index (χ4v) is 2.78. The fourth-order valence-electron chi connectivity index (χ4n) is 2.78. The van der Waals surface area contributed by atoms with Gasteiger partial charge in [0.1, 0.15) is 5.82 Å². The van der Waals surface area contributed by atoms with Crippen LogP contribution in [-0.4, -0.2) is 20.4 Å². The average molecular weight is 328 g/mol. The van der Waals surface area contributed by atoms with Gasteiger partial charge in [0.15, 0.2) is 17.4 Å². The maximum absolute atomic E-state index is 14.6. The number of aromatic hydroxyl groups is 1. The van der Waals surface area contributed by atoms with Gasteiger partial charge in [-0.2, -0.15) is 5.11 Å². The molecular weight excluding hydrogens is 318 g/mol. The van der Waals surface area contributed by atoms with Crippen LogP contribution in [0.5, 0.6) is 5.75 Å². The predicted molar refractivity (Wildman–Crippen MR) is 81.5 cm³/mol. The van der Waals surface area contributed by atoms with Gasteiger partial charge in [0.25, 0.3) is 0 Å². The third kappa shape index (κ3) is 1.93. The van der Waals surface area contributed by atoms with Crippen LogP contribution in [0.2, 0.25) is 0 Å². The number of aromatic nitrogens is 1. The Morgan fingerprint density at radius 2 is 1.79 bits per heavy atom. The Morgan fingerprint density at radius 1 is 1.08 bits per heavy atom. The van der Waals surface area contributed by atoms with E-state index in [1.807, 2.05) is 0 Å². The molecule has 120 valence electrons. The largest absolute Gasteiger partial charge is 0.505 e. The molecule has 0 saturated carbocycles. The lowest BCUT2D eigenvalue weighted by atomic mass is 10.0. The first kappa shape index (κ1) is 14.5. The summed E-state index contributed by atoms with van der Waals surface area (Å²) >= 11 is 0. The van der Waals surface area contributed by atoms with Crippen molar-refractivity contribution < 1.29 is 19.1 Å². The molecule has 0 aliphatic carbocycles. The second-order valence-corrected chi connectivity index (χ2v) is 5.35. The van der Waals surface area contributed by atoms with E-state index < -0.39 is 17.4 Å². The summed E-state index contributed by atoms with van der Waals surface area (Å²) in [6, 6.07) is 0.711. The number of phenols is 1. The van der Waals surface area contributed by atoms with Gasteiger partial charge in [-0.3, -0.25) is 5.21 Å². The zero-order valence-corrected chi connectivity index (χ0v) is 12.3. The first-order chi connectivity index (χ1) is 11.5. The van der Waals surface area contributed by atoms with Crippen molar-refractivity contribution in [3.05, 3.63) is 52.8 Å². The zero-order chi connectivity index (χ0) is 17.0. The van der Waals surface area contributed by atoms with Crippen molar-refractivity contribution >= 4 is 27.9 Å². The summed E-state index contributed by atoms with van der Waals surface area (Å²) < 4.78 is 29.1. The number of rotatable bonds is 0. The van der Waals surface area contributed by atoms with Crippen molar-refractivity contribution in [2.75, 3.05) is 0 Å². The van der Waals surface area contributed by atoms with E-state index >= 15 is 0 Å². The maximum Gasteiger partial charge on any atom is 0.184 e. The maximum atomic E-state index is 14.6. The van der Waals surface area contributed by atoms with Crippen molar-refractivity contribution in [2.45, 2.75) is 6.92 Å². The third-order valence-electron chi connectivity index (χ3n) is 3.87. The number of hydroxylamine groups is 2. The lowest BCUT2D eigenvalue weighted by Gasteiger charge is -2.11. The monoisotopic (exact) mass is 328 g/mol. The van der Waals surface area contributed by atoms with Crippen LogP contribution < -0.4 is 10.6 Å². The molecule has 2 aliphatic heterocycles. The summed E-state index contributed by atoms with van der Waals surface area (Å²) in [6.45, 7) is 1.61. The Labute approximate surface area is 133 Å². The number of fused-ring (bicyclic) bond motifs is 3. The average Bonchev–Trinajstić information content (AvgIpc) is 2.93. The molecule has 2 aromatic rings. The second kappa shape index (κ2) is 4.93. The van der Waals surface area contributed by atoms with Crippen LogP contribution in [0.3, 0.4) is 0 Å². The van der Waals surface area contributed by atoms with Gasteiger partial charge >= 0.3 is 0 Å². The topological polar surface area (TPSA) is 81.3 Å². The predicted octanol–water partition coefficient (Wildman–Crippen LogP) is 2.33. The lowest BCUT2D eigenvalue weighted by Crippen LogP contribution is -2.22. The van der Waals surface area contributed by atoms with E-state index in [9.17, 15) is 19.1 Å². The minimum atomic E-state index is -0.953. The number of nitrogens with zero attached hydrogens (tertiary/aromatic N) is 4. The Bertz CT molecular complexity index is 1100. The van der Waals surface area contributed by atoms with E-state index in [0.717, 1.165) is 5.06 Å². The molecule has 0 bridgehead atoms. The molecule has 1 aromatic heterocycles. The normalized spacial score (nSPS) is 15.8. The van der Waals surface area contributed by atoms with Gasteiger partial charge in [0.05, 0.1) is 16.3 Å². The van der Waals surface area contributed by atoms with Crippen LogP contribution >= 0.6 is 0 Å². The second-order valence-electron chi connectivity index (χ2n) is 5.35. The number of pyridine rings is 1. The number of hydrogen-bond acceptors (Lipinski definition) is 6. The Morgan fingerprint density at radius 3 is 2.50 bits per heavy atom. The van der Waals surface area contributed by atoms with Crippen LogP contribution in [0.15, 0.2) is 40.8 Å². The Balaban J connectivity index is 2.31. The first-order valence-electron chi connectivity index (χ1n) is 6.98. The van der Waals surface area contributed by atoms with Crippen LogP contribution in [0.1, 0.15) is 6.92 Å². The molecule has 0 unspecified atom stereocenters. The quantitative estimate of drug-likeness (QED) is 0.778. The van der Waals surface area contributed by atoms with Gasteiger partial charge in [0, 0.05) is 34.8 Å². The Hall–Kier alpha value is -3.13.